The van der Waals surface area contributed by atoms with Gasteiger partial charge < -0.3 is 4.74 Å². The van der Waals surface area contributed by atoms with Gasteiger partial charge >= 0.3 is 0 Å². The van der Waals surface area contributed by atoms with Crippen LogP contribution in [0, 0.1) is 17.7 Å². The summed E-state index contributed by atoms with van der Waals surface area (Å²) < 4.78 is 70.0. The lowest BCUT2D eigenvalue weighted by molar-refractivity contribution is 0.385. The molecule has 0 saturated carbocycles. The molecule has 2 aromatic rings. The second-order valence-corrected chi connectivity index (χ2v) is 5.56. The van der Waals surface area contributed by atoms with Gasteiger partial charge in [0.1, 0.15) is 5.69 Å². The predicted octanol–water partition coefficient (Wildman–Crippen LogP) is 2.31. The number of sulfonamides is 1. The predicted molar refractivity (Wildman–Crippen MR) is 67.9 cm³/mol. The second kappa shape index (κ2) is 5.60. The molecule has 1 N–H and O–H groups in total. The number of methoxy groups -OCH3 is 1. The van der Waals surface area contributed by atoms with Crippen LogP contribution in [0.5, 0.6) is 5.75 Å². The number of anilines is 1. The first-order chi connectivity index (χ1) is 9.83. The summed E-state index contributed by atoms with van der Waals surface area (Å²) in [6.45, 7) is 0. The molecule has 0 aliphatic carbocycles. The van der Waals surface area contributed by atoms with Crippen LogP contribution in [0.25, 0.3) is 0 Å². The fourth-order valence-corrected chi connectivity index (χ4v) is 2.57. The number of hydrogen-bond acceptors (Lipinski definition) is 4. The molecule has 21 heavy (non-hydrogen) atoms. The van der Waals surface area contributed by atoms with Gasteiger partial charge in [-0.05, 0) is 30.3 Å². The van der Waals surface area contributed by atoms with Crippen LogP contribution in [-0.4, -0.2) is 20.5 Å². The fourth-order valence-electron chi connectivity index (χ4n) is 1.51. The Morgan fingerprint density at radius 3 is 2.43 bits per heavy atom. The van der Waals surface area contributed by atoms with Crippen LogP contribution >= 0.6 is 0 Å². The zero-order valence-corrected chi connectivity index (χ0v) is 11.4. The van der Waals surface area contributed by atoms with Gasteiger partial charge in [-0.2, -0.15) is 13.8 Å². The summed E-state index contributed by atoms with van der Waals surface area (Å²) in [4.78, 5) is 2.40. The van der Waals surface area contributed by atoms with Crippen molar-refractivity contribution in [1.29, 1.82) is 0 Å². The third kappa shape index (κ3) is 3.24. The molecule has 0 bridgehead atoms. The van der Waals surface area contributed by atoms with Crippen molar-refractivity contribution >= 4 is 15.7 Å². The highest BCUT2D eigenvalue weighted by Crippen LogP contribution is 2.23. The van der Waals surface area contributed by atoms with Gasteiger partial charge in [0.15, 0.2) is 11.6 Å². The minimum Gasteiger partial charge on any atom is -0.494 e. The molecule has 0 saturated heterocycles. The number of nitrogens with one attached hydrogen (secondary N) is 1. The Morgan fingerprint density at radius 2 is 1.86 bits per heavy atom. The van der Waals surface area contributed by atoms with Crippen LogP contribution in [0.4, 0.5) is 18.9 Å². The first kappa shape index (κ1) is 15.1. The quantitative estimate of drug-likeness (QED) is 0.879. The largest absolute Gasteiger partial charge is 0.494 e. The Labute approximate surface area is 118 Å². The summed E-state index contributed by atoms with van der Waals surface area (Å²) in [5, 5.41) is 0. The monoisotopic (exact) mass is 318 g/mol. The van der Waals surface area contributed by atoms with E-state index in [1.807, 2.05) is 4.72 Å². The number of rotatable bonds is 4. The number of pyridine rings is 1. The molecule has 1 aromatic carbocycles. The summed E-state index contributed by atoms with van der Waals surface area (Å²) in [7, 11) is -3.02. The third-order valence-corrected chi connectivity index (χ3v) is 3.86. The zero-order chi connectivity index (χ0) is 15.6. The maximum Gasteiger partial charge on any atom is 0.262 e. The minimum absolute atomic E-state index is 0.136. The molecule has 0 amide bonds. The number of hydrogen-bond donors (Lipinski definition) is 1. The van der Waals surface area contributed by atoms with Crippen molar-refractivity contribution in [3.8, 4) is 5.75 Å². The van der Waals surface area contributed by atoms with Crippen molar-refractivity contribution in [1.82, 2.24) is 4.98 Å². The lowest BCUT2D eigenvalue weighted by atomic mass is 10.3. The van der Waals surface area contributed by atoms with E-state index >= 15 is 0 Å². The molecule has 2 rings (SSSR count). The third-order valence-electron chi connectivity index (χ3n) is 2.49. The Morgan fingerprint density at radius 1 is 1.14 bits per heavy atom. The van der Waals surface area contributed by atoms with Gasteiger partial charge in [0.05, 0.1) is 12.0 Å². The summed E-state index contributed by atoms with van der Waals surface area (Å²) in [6, 6.07) is 4.57. The standard InChI is InChI=1S/C12H9F3N2O3S/c1-20-10-4-2-7(6-8(10)13)21(18,19)17-9-3-5-11(14)16-12(9)15/h2-6,17H,1H3. The van der Waals surface area contributed by atoms with Crippen molar-refractivity contribution in [2.24, 2.45) is 0 Å². The summed E-state index contributed by atoms with van der Waals surface area (Å²) in [6.07, 6.45) is 0. The molecule has 9 heteroatoms. The van der Waals surface area contributed by atoms with Crippen LogP contribution in [0.3, 0.4) is 0 Å². The molecule has 0 aliphatic rings. The van der Waals surface area contributed by atoms with Crippen LogP contribution in [0.2, 0.25) is 0 Å². The number of benzene rings is 1. The normalized spacial score (nSPS) is 11.2. The molecule has 0 spiro atoms. The summed E-state index contributed by atoms with van der Waals surface area (Å²) in [5.74, 6) is -3.44. The van der Waals surface area contributed by atoms with Crippen molar-refractivity contribution in [3.63, 3.8) is 0 Å². The number of nitrogens with zero attached hydrogens (tertiary/aromatic N) is 1. The van der Waals surface area contributed by atoms with Crippen LogP contribution < -0.4 is 9.46 Å². The van der Waals surface area contributed by atoms with E-state index in [0.717, 1.165) is 30.3 Å². The van der Waals surface area contributed by atoms with Crippen molar-refractivity contribution < 1.29 is 26.3 Å². The van der Waals surface area contributed by atoms with Gasteiger partial charge in [-0.1, -0.05) is 0 Å². The van der Waals surface area contributed by atoms with Crippen molar-refractivity contribution in [3.05, 3.63) is 48.0 Å². The van der Waals surface area contributed by atoms with Gasteiger partial charge in [0, 0.05) is 0 Å². The van der Waals surface area contributed by atoms with E-state index < -0.39 is 38.3 Å². The average molecular weight is 318 g/mol. The molecule has 0 radical (unpaired) electrons. The molecule has 5 nitrogen and oxygen atoms in total. The molecule has 0 atom stereocenters. The topological polar surface area (TPSA) is 68.3 Å². The molecule has 0 unspecified atom stereocenters. The highest BCUT2D eigenvalue weighted by atomic mass is 32.2. The van der Waals surface area contributed by atoms with Crippen LogP contribution in [0.15, 0.2) is 35.2 Å². The SMILES string of the molecule is COc1ccc(S(=O)(=O)Nc2ccc(F)nc2F)cc1F. The lowest BCUT2D eigenvalue weighted by Gasteiger charge is -2.09. The van der Waals surface area contributed by atoms with E-state index in [9.17, 15) is 21.6 Å². The highest BCUT2D eigenvalue weighted by Gasteiger charge is 2.19. The van der Waals surface area contributed by atoms with E-state index in [-0.39, 0.29) is 5.75 Å². The maximum absolute atomic E-state index is 13.5. The summed E-state index contributed by atoms with van der Waals surface area (Å²) in [5.41, 5.74) is -0.548. The minimum atomic E-state index is -4.24. The Hall–Kier alpha value is -2.29. The van der Waals surface area contributed by atoms with Gasteiger partial charge in [0.25, 0.3) is 10.0 Å². The lowest BCUT2D eigenvalue weighted by Crippen LogP contribution is -2.15. The Balaban J connectivity index is 2.36. The summed E-state index contributed by atoms with van der Waals surface area (Å²) >= 11 is 0. The highest BCUT2D eigenvalue weighted by molar-refractivity contribution is 7.92. The maximum atomic E-state index is 13.5. The van der Waals surface area contributed by atoms with Crippen LogP contribution in [0.1, 0.15) is 0 Å². The van der Waals surface area contributed by atoms with Gasteiger partial charge in [-0.15, -0.1) is 0 Å². The van der Waals surface area contributed by atoms with E-state index in [0.29, 0.717) is 0 Å². The molecule has 0 fully saturated rings. The van der Waals surface area contributed by atoms with Gasteiger partial charge in [0.2, 0.25) is 11.9 Å². The Bertz CT molecular complexity index is 781. The molecule has 1 heterocycles. The first-order valence-electron chi connectivity index (χ1n) is 5.52. The smallest absolute Gasteiger partial charge is 0.262 e. The van der Waals surface area contributed by atoms with Crippen molar-refractivity contribution in [2.75, 3.05) is 11.8 Å². The van der Waals surface area contributed by atoms with E-state index in [1.165, 1.54) is 7.11 Å². The number of ether oxygens (including phenoxy) is 1. The van der Waals surface area contributed by atoms with Gasteiger partial charge in [-0.3, -0.25) is 4.72 Å². The number of aromatic nitrogens is 1. The van der Waals surface area contributed by atoms with Crippen LogP contribution in [-0.2, 0) is 10.0 Å². The Kier molecular flexibility index (Phi) is 4.03. The molecule has 112 valence electrons. The fraction of sp³-hybridized carbons (Fsp3) is 0.0833. The van der Waals surface area contributed by atoms with E-state index in [2.05, 4.69) is 9.72 Å². The van der Waals surface area contributed by atoms with Gasteiger partial charge in [-0.25, -0.2) is 12.8 Å². The molecular weight excluding hydrogens is 309 g/mol. The zero-order valence-electron chi connectivity index (χ0n) is 10.6. The molecule has 0 aliphatic heterocycles. The van der Waals surface area contributed by atoms with Crippen molar-refractivity contribution in [2.45, 2.75) is 4.90 Å². The van der Waals surface area contributed by atoms with E-state index in [4.69, 9.17) is 0 Å². The van der Waals surface area contributed by atoms with E-state index in [1.54, 1.807) is 0 Å². The average Bonchev–Trinajstić information content (AvgIpc) is 2.42. The molecule has 1 aromatic heterocycles. The first-order valence-corrected chi connectivity index (χ1v) is 7.00. The molecular formula is C12H9F3N2O3S. The second-order valence-electron chi connectivity index (χ2n) is 3.87. The number of halogens is 3.